The van der Waals surface area contributed by atoms with Crippen LogP contribution in [0.1, 0.15) is 5.56 Å². The van der Waals surface area contributed by atoms with Gasteiger partial charge in [-0.3, -0.25) is 0 Å². The third-order valence-electron chi connectivity index (χ3n) is 2.79. The molecule has 1 aromatic carbocycles. The first kappa shape index (κ1) is 22.6. The molecule has 0 atom stereocenters. The SMILES string of the molecule is Cc1cc2c[c-](Br)n(-c3ccccc3)c-2c1.Cl.Cl.Cl.[Zr]. The van der Waals surface area contributed by atoms with Crippen LogP contribution < -0.4 is 0 Å². The van der Waals surface area contributed by atoms with Gasteiger partial charge >= 0.3 is 0 Å². The van der Waals surface area contributed by atoms with Crippen molar-refractivity contribution in [1.82, 2.24) is 4.57 Å². The molecule has 1 aromatic rings. The quantitative estimate of drug-likeness (QED) is 0.403. The number of para-hydroxylation sites is 1. The van der Waals surface area contributed by atoms with Gasteiger partial charge in [0.15, 0.2) is 0 Å². The summed E-state index contributed by atoms with van der Waals surface area (Å²) in [6.07, 6.45) is 0. The van der Waals surface area contributed by atoms with Gasteiger partial charge in [0.25, 0.3) is 0 Å². The summed E-state index contributed by atoms with van der Waals surface area (Å²) in [5.74, 6) is 0. The van der Waals surface area contributed by atoms with Crippen LogP contribution in [0.4, 0.5) is 0 Å². The van der Waals surface area contributed by atoms with E-state index in [0.717, 1.165) is 4.60 Å². The molecule has 3 rings (SSSR count). The molecule has 108 valence electrons. The third-order valence-corrected chi connectivity index (χ3v) is 3.37. The van der Waals surface area contributed by atoms with Crippen molar-refractivity contribution < 1.29 is 26.2 Å². The Bertz CT molecular complexity index is 607. The van der Waals surface area contributed by atoms with Crippen molar-refractivity contribution in [2.45, 2.75) is 6.92 Å². The summed E-state index contributed by atoms with van der Waals surface area (Å²) in [7, 11) is 0. The molecule has 0 bridgehead atoms. The van der Waals surface area contributed by atoms with E-state index < -0.39 is 0 Å². The topological polar surface area (TPSA) is 4.93 Å². The Morgan fingerprint density at radius 2 is 1.60 bits per heavy atom. The maximum atomic E-state index is 3.61. The first-order valence-corrected chi connectivity index (χ1v) is 6.05. The average molecular weight is 474 g/mol. The maximum absolute atomic E-state index is 3.61. The zero-order chi connectivity index (χ0) is 11.1. The van der Waals surface area contributed by atoms with Crippen molar-refractivity contribution in [3.8, 4) is 16.9 Å². The van der Waals surface area contributed by atoms with Gasteiger partial charge in [-0.15, -0.1) is 54.9 Å². The van der Waals surface area contributed by atoms with Crippen molar-refractivity contribution in [3.63, 3.8) is 0 Å². The number of hydrogen-bond donors (Lipinski definition) is 0. The van der Waals surface area contributed by atoms with Crippen molar-refractivity contribution in [2.24, 2.45) is 0 Å². The fraction of sp³-hybridized carbons (Fsp3) is 0.0714. The molecular weight excluding hydrogens is 460 g/mol. The largest absolute Gasteiger partial charge is 0.432 e. The third kappa shape index (κ3) is 4.18. The van der Waals surface area contributed by atoms with Gasteiger partial charge in [-0.25, -0.2) is 0 Å². The number of aromatic nitrogens is 1. The molecule has 0 saturated heterocycles. The van der Waals surface area contributed by atoms with Gasteiger partial charge in [0.1, 0.15) is 0 Å². The minimum Gasteiger partial charge on any atom is -0.432 e. The number of halogens is 4. The van der Waals surface area contributed by atoms with Crippen molar-refractivity contribution in [1.29, 1.82) is 0 Å². The van der Waals surface area contributed by atoms with Crippen LogP contribution in [0.2, 0.25) is 0 Å². The Labute approximate surface area is 165 Å². The van der Waals surface area contributed by atoms with E-state index in [-0.39, 0.29) is 63.4 Å². The van der Waals surface area contributed by atoms with Crippen molar-refractivity contribution in [3.05, 3.63) is 58.7 Å². The normalized spacial score (nSPS) is 8.90. The molecule has 0 unspecified atom stereocenters. The number of nitrogens with zero attached hydrogens (tertiary/aromatic N) is 1. The second-order valence-corrected chi connectivity index (χ2v) is 4.82. The van der Waals surface area contributed by atoms with Crippen LogP contribution >= 0.6 is 53.2 Å². The molecule has 6 heteroatoms. The van der Waals surface area contributed by atoms with Gasteiger partial charge < -0.3 is 4.57 Å². The zero-order valence-electron chi connectivity index (χ0n) is 10.7. The molecule has 1 heterocycles. The number of fused-ring (bicyclic) bond motifs is 1. The van der Waals surface area contributed by atoms with Gasteiger partial charge in [0.2, 0.25) is 0 Å². The van der Waals surface area contributed by atoms with Crippen LogP contribution in [0.5, 0.6) is 0 Å². The Balaban J connectivity index is 0. The fourth-order valence-electron chi connectivity index (χ4n) is 2.12. The van der Waals surface area contributed by atoms with E-state index in [1.807, 2.05) is 6.07 Å². The summed E-state index contributed by atoms with van der Waals surface area (Å²) < 4.78 is 3.33. The predicted molar refractivity (Wildman–Crippen MR) is 92.2 cm³/mol. The Hall–Kier alpha value is 0.343. The average Bonchev–Trinajstić information content (AvgIpc) is 2.74. The van der Waals surface area contributed by atoms with E-state index in [9.17, 15) is 0 Å². The van der Waals surface area contributed by atoms with Gasteiger partial charge in [0.05, 0.1) is 0 Å². The summed E-state index contributed by atoms with van der Waals surface area (Å²) >= 11 is 3.61. The van der Waals surface area contributed by atoms with Crippen LogP contribution in [0.25, 0.3) is 16.9 Å². The molecule has 0 N–H and O–H groups in total. The van der Waals surface area contributed by atoms with Crippen LogP contribution in [-0.2, 0) is 26.2 Å². The van der Waals surface area contributed by atoms with Gasteiger partial charge in [0, 0.05) is 26.2 Å². The molecule has 20 heavy (non-hydrogen) atoms. The Morgan fingerprint density at radius 3 is 2.20 bits per heavy atom. The molecule has 0 saturated carbocycles. The van der Waals surface area contributed by atoms with Crippen LogP contribution in [-0.4, -0.2) is 4.57 Å². The van der Waals surface area contributed by atoms with Crippen molar-refractivity contribution in [2.75, 3.05) is 0 Å². The van der Waals surface area contributed by atoms with Gasteiger partial charge in [-0.2, -0.15) is 0 Å². The fourth-order valence-corrected chi connectivity index (χ4v) is 2.76. The molecule has 0 aromatic heterocycles. The molecule has 1 aliphatic heterocycles. The second-order valence-electron chi connectivity index (χ2n) is 4.01. The predicted octanol–water partition coefficient (Wildman–Crippen LogP) is 5.63. The first-order chi connectivity index (χ1) is 7.75. The Kier molecular flexibility index (Phi) is 10.6. The maximum Gasteiger partial charge on any atom is 0 e. The molecule has 0 spiro atoms. The molecule has 0 fully saturated rings. The van der Waals surface area contributed by atoms with Crippen LogP contribution in [0, 0.1) is 6.92 Å². The summed E-state index contributed by atoms with van der Waals surface area (Å²) in [5.41, 5.74) is 5.04. The number of hydrogen-bond acceptors (Lipinski definition) is 0. The molecule has 0 amide bonds. The summed E-state index contributed by atoms with van der Waals surface area (Å²) in [5, 5.41) is 0. The minimum absolute atomic E-state index is 0. The molecule has 0 radical (unpaired) electrons. The molecule has 1 aliphatic carbocycles. The Morgan fingerprint density at radius 1 is 1.00 bits per heavy atom. The molecule has 2 aliphatic rings. The van der Waals surface area contributed by atoms with E-state index in [2.05, 4.69) is 69.9 Å². The van der Waals surface area contributed by atoms with E-state index in [0.29, 0.717) is 0 Å². The number of rotatable bonds is 1. The summed E-state index contributed by atoms with van der Waals surface area (Å²) in [6.45, 7) is 2.13. The van der Waals surface area contributed by atoms with E-state index in [1.54, 1.807) is 0 Å². The van der Waals surface area contributed by atoms with Crippen LogP contribution in [0.3, 0.4) is 0 Å². The summed E-state index contributed by atoms with van der Waals surface area (Å²) in [4.78, 5) is 0. The van der Waals surface area contributed by atoms with E-state index in [1.165, 1.54) is 22.5 Å². The standard InChI is InChI=1S/C14H11BrN.3ClH.Zr/c1-10-7-11-9-14(15)16(13(11)8-10)12-5-3-2-4-6-12;;;;/h2-9H,1H3;3*1H;/q-1;;;;. The van der Waals surface area contributed by atoms with Gasteiger partial charge in [-0.1, -0.05) is 63.6 Å². The zero-order valence-corrected chi connectivity index (χ0v) is 17.2. The number of benzene rings is 1. The van der Waals surface area contributed by atoms with Crippen molar-refractivity contribution >= 4 is 53.2 Å². The second kappa shape index (κ2) is 9.38. The number of aryl methyl sites for hydroxylation is 1. The summed E-state index contributed by atoms with van der Waals surface area (Å²) in [6, 6.07) is 17.0. The van der Waals surface area contributed by atoms with Crippen LogP contribution in [0.15, 0.2) is 53.1 Å². The van der Waals surface area contributed by atoms with E-state index in [4.69, 9.17) is 0 Å². The minimum atomic E-state index is 0. The smallest absolute Gasteiger partial charge is 0 e. The monoisotopic (exact) mass is 470 g/mol. The molecule has 1 nitrogen and oxygen atoms in total. The first-order valence-electron chi connectivity index (χ1n) is 5.25. The van der Waals surface area contributed by atoms with Gasteiger partial charge in [-0.05, 0) is 17.2 Å². The molecular formula is C14H14BrCl3NZr-. The van der Waals surface area contributed by atoms with E-state index >= 15 is 0 Å².